The van der Waals surface area contributed by atoms with Gasteiger partial charge in [0.05, 0.1) is 29.9 Å². The Balaban J connectivity index is 0.000000151. The van der Waals surface area contributed by atoms with Crippen molar-refractivity contribution in [2.24, 2.45) is 0 Å². The van der Waals surface area contributed by atoms with Crippen molar-refractivity contribution < 1.29 is 35.2 Å². The minimum absolute atomic E-state index is 0.0509. The molecule has 7 aromatic heterocycles. The second-order valence-electron chi connectivity index (χ2n) is 35.2. The fraction of sp³-hybridized carbons (Fsp3) is 0.527. The normalized spacial score (nSPS) is 15.3. The van der Waals surface area contributed by atoms with Gasteiger partial charge >= 0.3 is 0 Å². The number of rotatable bonds is 24. The summed E-state index contributed by atoms with van der Waals surface area (Å²) < 4.78 is 89.5. The Morgan fingerprint density at radius 2 is 0.781 bits per heavy atom. The van der Waals surface area contributed by atoms with E-state index in [-0.39, 0.29) is 38.7 Å². The Morgan fingerprint density at radius 3 is 1.14 bits per heavy atom. The number of hydrogen-bond acceptors (Lipinski definition) is 15. The Hall–Kier alpha value is -8.10. The van der Waals surface area contributed by atoms with E-state index in [1.165, 1.54) is 52.4 Å². The number of hydrogen-bond donors (Lipinski definition) is 4. The molecule has 3 saturated heterocycles. The van der Waals surface area contributed by atoms with E-state index in [4.69, 9.17) is 28.0 Å². The summed E-state index contributed by atoms with van der Waals surface area (Å²) in [6, 6.07) is 38.3. The summed E-state index contributed by atoms with van der Waals surface area (Å²) in [6.07, 6.45) is 4.32. The fourth-order valence-electron chi connectivity index (χ4n) is 15.8. The highest BCUT2D eigenvalue weighted by molar-refractivity contribution is 7.89. The van der Waals surface area contributed by atoms with Gasteiger partial charge < -0.3 is 62.0 Å². The van der Waals surface area contributed by atoms with Crippen LogP contribution in [0.15, 0.2) is 139 Å². The lowest BCUT2D eigenvalue weighted by Gasteiger charge is -2.28. The van der Waals surface area contributed by atoms with Crippen molar-refractivity contribution in [3.05, 3.63) is 178 Å². The fourth-order valence-corrected chi connectivity index (χ4v) is 17.0. The SMILES string of the molecule is CNCCCn1c(C(C)(C)C)cc(-c2nc3ccccc3o2)c1C.Cc1c(-c2nc3ccccc3o2)cc(C(C)(C)C)n1CCCN1CCNCC1.Cc1c(-c2nc3ccccc3o2)cc(C(C)(C)C)n1CCCN1CCOCC1.Cc1c(S(=O)(=O)NCc2cccc(C(C)(F)F)c2)cc(C(C)(C)C)n1CCCN1CCNCC1. The molecule has 0 radical (unpaired) electrons. The van der Waals surface area contributed by atoms with Crippen LogP contribution in [0, 0.1) is 27.7 Å². The number of sulfonamides is 1. The molecule has 3 aliphatic rings. The summed E-state index contributed by atoms with van der Waals surface area (Å²) in [5.41, 5.74) is 18.3. The Bertz CT molecular complexity index is 4800. The molecule has 10 heterocycles. The summed E-state index contributed by atoms with van der Waals surface area (Å²) >= 11 is 0. The molecule has 0 unspecified atom stereocenters. The molecule has 0 aliphatic carbocycles. The van der Waals surface area contributed by atoms with Gasteiger partial charge in [0, 0.05) is 184 Å². The summed E-state index contributed by atoms with van der Waals surface area (Å²) in [7, 11) is -1.82. The largest absolute Gasteiger partial charge is 0.436 e. The maximum atomic E-state index is 13.7. The molecule has 4 N–H and O–H groups in total. The standard InChI is InChI=1S/C25H38F2N4O2S.C23H32N4O.C23H31N3O2.C20H27N3O/c1-19-22(34(32,33)29-18-20-8-6-9-21(16-20)25(5,26)27)17-23(24(2,3)4)31(19)13-7-12-30-14-10-28-11-15-30;1-17-18(22-25-19-8-5-6-9-20(19)28-22)16-21(23(2,3)4)27(17)13-7-12-26-14-10-24-11-15-26;1-17-18(22-24-19-8-5-6-9-20(19)28-22)16-21(23(2,3)4)26(17)11-7-10-25-12-14-27-15-13-25;1-14-15(19-22-16-9-6-7-10-17(16)24-19)13-18(20(2,3)4)23(14)12-8-11-21-5/h6,8-9,16-17,28-29H,7,10-15,18H2,1-5H3;5-6,8-9,16,24H,7,10-15H2,1-4H3;5-6,8-9,16H,7,10-15H2,1-4H3;6-7,9-10,13,21H,8,11-12H2,1-5H3. The zero-order chi connectivity index (χ0) is 81.9. The van der Waals surface area contributed by atoms with E-state index < -0.39 is 15.9 Å². The molecule has 618 valence electrons. The van der Waals surface area contributed by atoms with Crippen LogP contribution in [0.25, 0.3) is 67.7 Å². The number of nitrogens with zero attached hydrogens (tertiary/aromatic N) is 10. The van der Waals surface area contributed by atoms with Gasteiger partial charge in [-0.1, -0.05) is 138 Å². The highest BCUT2D eigenvalue weighted by Crippen LogP contribution is 2.39. The second-order valence-corrected chi connectivity index (χ2v) is 36.9. The minimum Gasteiger partial charge on any atom is -0.436 e. The van der Waals surface area contributed by atoms with E-state index in [2.05, 4.69) is 181 Å². The Morgan fingerprint density at radius 1 is 0.430 bits per heavy atom. The number of oxazole rings is 3. The number of benzene rings is 4. The average molecular weight is 1580 g/mol. The third-order valence-corrected chi connectivity index (χ3v) is 23.7. The molecule has 23 heteroatoms. The van der Waals surface area contributed by atoms with Crippen LogP contribution >= 0.6 is 0 Å². The van der Waals surface area contributed by atoms with Gasteiger partial charge in [0.2, 0.25) is 27.7 Å². The predicted molar refractivity (Wildman–Crippen MR) is 459 cm³/mol. The van der Waals surface area contributed by atoms with E-state index >= 15 is 0 Å². The zero-order valence-corrected chi connectivity index (χ0v) is 72.1. The van der Waals surface area contributed by atoms with Gasteiger partial charge in [-0.3, -0.25) is 4.90 Å². The highest BCUT2D eigenvalue weighted by Gasteiger charge is 2.32. The monoisotopic (exact) mass is 1580 g/mol. The topological polar surface area (TPSA) is 199 Å². The lowest BCUT2D eigenvalue weighted by molar-refractivity contribution is 0.0174. The Kier molecular flexibility index (Phi) is 28.5. The van der Waals surface area contributed by atoms with Gasteiger partial charge in [-0.15, -0.1) is 0 Å². The molecule has 3 fully saturated rings. The predicted octanol–water partition coefficient (Wildman–Crippen LogP) is 17.3. The molecule has 4 aromatic carbocycles. The van der Waals surface area contributed by atoms with Gasteiger partial charge in [-0.05, 0) is 152 Å². The molecule has 11 aromatic rings. The van der Waals surface area contributed by atoms with E-state index in [0.29, 0.717) is 17.1 Å². The first-order valence-electron chi connectivity index (χ1n) is 41.3. The number of piperazine rings is 2. The number of fused-ring (bicyclic) bond motifs is 3. The van der Waals surface area contributed by atoms with E-state index in [1.54, 1.807) is 12.1 Å². The summed E-state index contributed by atoms with van der Waals surface area (Å²) in [4.78, 5) is 21.9. The van der Waals surface area contributed by atoms with Crippen LogP contribution in [0.4, 0.5) is 8.78 Å². The number of ether oxygens (including phenoxy) is 1. The number of morpholine rings is 1. The van der Waals surface area contributed by atoms with Crippen molar-refractivity contribution in [2.75, 3.05) is 112 Å². The first kappa shape index (κ1) is 86.8. The minimum atomic E-state index is -3.82. The third-order valence-electron chi connectivity index (χ3n) is 22.2. The highest BCUT2D eigenvalue weighted by atomic mass is 32.2. The van der Waals surface area contributed by atoms with Crippen molar-refractivity contribution >= 4 is 43.3 Å². The van der Waals surface area contributed by atoms with Crippen molar-refractivity contribution in [2.45, 2.75) is 209 Å². The second kappa shape index (κ2) is 37.4. The molecule has 0 atom stereocenters. The van der Waals surface area contributed by atoms with E-state index in [1.807, 2.05) is 86.8 Å². The lowest BCUT2D eigenvalue weighted by Crippen LogP contribution is -2.43. The molecule has 14 rings (SSSR count). The number of aromatic nitrogens is 7. The van der Waals surface area contributed by atoms with Crippen LogP contribution in [0.2, 0.25) is 0 Å². The van der Waals surface area contributed by atoms with Crippen LogP contribution in [0.5, 0.6) is 0 Å². The van der Waals surface area contributed by atoms with E-state index in [0.717, 1.165) is 231 Å². The average Bonchev–Trinajstić information content (AvgIpc) is 1.64. The van der Waals surface area contributed by atoms with Gasteiger partial charge in [-0.25, -0.2) is 36.9 Å². The molecular weight excluding hydrogens is 1460 g/mol. The summed E-state index contributed by atoms with van der Waals surface area (Å²) in [6.45, 7) is 56.3. The van der Waals surface area contributed by atoms with Crippen LogP contribution in [-0.2, 0) is 75.1 Å². The maximum absolute atomic E-state index is 13.7. The Labute approximate surface area is 676 Å². The molecule has 3 aliphatic heterocycles. The molecule has 0 spiro atoms. The van der Waals surface area contributed by atoms with Crippen LogP contribution in [-0.4, -0.2) is 168 Å². The summed E-state index contributed by atoms with van der Waals surface area (Å²) in [5.74, 6) is -0.817. The molecule has 20 nitrogen and oxygen atoms in total. The van der Waals surface area contributed by atoms with Crippen molar-refractivity contribution in [1.82, 2.24) is 68.6 Å². The smallest absolute Gasteiger partial charge is 0.270 e. The number of nitrogens with one attached hydrogen (secondary N) is 4. The van der Waals surface area contributed by atoms with Crippen molar-refractivity contribution in [3.63, 3.8) is 0 Å². The van der Waals surface area contributed by atoms with Crippen molar-refractivity contribution in [1.29, 1.82) is 0 Å². The summed E-state index contributed by atoms with van der Waals surface area (Å²) in [5, 5.41) is 10.0. The van der Waals surface area contributed by atoms with Gasteiger partial charge in [0.1, 0.15) is 21.4 Å². The van der Waals surface area contributed by atoms with Gasteiger partial charge in [0.25, 0.3) is 5.92 Å². The van der Waals surface area contributed by atoms with Gasteiger partial charge in [0.15, 0.2) is 16.7 Å². The molecule has 114 heavy (non-hydrogen) atoms. The number of alkyl halides is 2. The first-order chi connectivity index (χ1) is 54.1. The van der Waals surface area contributed by atoms with Crippen molar-refractivity contribution in [3.8, 4) is 34.4 Å². The lowest BCUT2D eigenvalue weighted by atomic mass is 9.92. The third kappa shape index (κ3) is 21.9. The maximum Gasteiger partial charge on any atom is 0.270 e. The van der Waals surface area contributed by atoms with Gasteiger partial charge in [-0.2, -0.15) is 0 Å². The number of para-hydroxylation sites is 6. The first-order valence-corrected chi connectivity index (χ1v) is 42.7. The molecular formula is C91H128F2N14O6S. The molecule has 0 amide bonds. The number of halogens is 2. The van der Waals surface area contributed by atoms with Crippen LogP contribution < -0.4 is 20.7 Å². The molecule has 0 saturated carbocycles. The quantitative estimate of drug-likeness (QED) is 0.0416. The molecule has 0 bridgehead atoms. The van der Waals surface area contributed by atoms with E-state index in [9.17, 15) is 17.2 Å². The van der Waals surface area contributed by atoms with Crippen LogP contribution in [0.3, 0.4) is 0 Å². The van der Waals surface area contributed by atoms with Crippen LogP contribution in [0.1, 0.15) is 172 Å². The zero-order valence-electron chi connectivity index (χ0n) is 71.3.